The Morgan fingerprint density at radius 1 is 0.446 bits per heavy atom. The summed E-state index contributed by atoms with van der Waals surface area (Å²) in [4.78, 5) is 14.9. The number of para-hydroxylation sites is 1. The summed E-state index contributed by atoms with van der Waals surface area (Å²) in [5, 5.41) is 2.06. The third-order valence-corrected chi connectivity index (χ3v) is 10.3. The van der Waals surface area contributed by atoms with Crippen LogP contribution in [0.25, 0.3) is 83.9 Å². The van der Waals surface area contributed by atoms with Crippen LogP contribution in [0.15, 0.2) is 158 Å². The number of aryl methyl sites for hydroxylation is 3. The van der Waals surface area contributed by atoms with Crippen molar-refractivity contribution < 1.29 is 13.2 Å². The van der Waals surface area contributed by atoms with Gasteiger partial charge in [-0.3, -0.25) is 0 Å². The van der Waals surface area contributed by atoms with Crippen LogP contribution in [0.3, 0.4) is 0 Å². The molecule has 0 radical (unpaired) electrons. The van der Waals surface area contributed by atoms with Crippen LogP contribution in [0.2, 0.25) is 0 Å². The molecule has 0 N–H and O–H groups in total. The summed E-state index contributed by atoms with van der Waals surface area (Å²) in [6.07, 6.45) is -4.51. The third-order valence-electron chi connectivity index (χ3n) is 10.3. The maximum Gasteiger partial charge on any atom is 0.416 e. The Morgan fingerprint density at radius 3 is 1.64 bits per heavy atom. The highest BCUT2D eigenvalue weighted by Gasteiger charge is 2.31. The van der Waals surface area contributed by atoms with Crippen molar-refractivity contribution >= 4 is 21.8 Å². The standard InChI is InChI=1S/C49H35F3N4/c1-30-25-31(2)45(32(3)26-30)36-21-24-41-40-19-10-11-20-42(40)56(44(41)28-36)43-29-37(22-23-39(43)35-17-12-18-38(27-35)49(50,51)52)48-54-46(33-13-6-4-7-14-33)53-47(55-48)34-15-8-5-9-16-34/h4-29H,1-3H3. The van der Waals surface area contributed by atoms with Gasteiger partial charge in [0.1, 0.15) is 0 Å². The Kier molecular flexibility index (Phi) is 8.58. The van der Waals surface area contributed by atoms with Gasteiger partial charge in [-0.05, 0) is 78.9 Å². The average Bonchev–Trinajstić information content (AvgIpc) is 3.54. The molecule has 7 heteroatoms. The summed E-state index contributed by atoms with van der Waals surface area (Å²) in [6.45, 7) is 6.37. The average molecular weight is 737 g/mol. The van der Waals surface area contributed by atoms with Crippen LogP contribution >= 0.6 is 0 Å². The monoisotopic (exact) mass is 736 g/mol. The summed E-state index contributed by atoms with van der Waals surface area (Å²) in [5.74, 6) is 1.48. The van der Waals surface area contributed by atoms with Gasteiger partial charge in [-0.1, -0.05) is 133 Å². The summed E-state index contributed by atoms with van der Waals surface area (Å²) in [5.41, 5.74) is 11.1. The smallest absolute Gasteiger partial charge is 0.309 e. The van der Waals surface area contributed by atoms with Gasteiger partial charge in [0.05, 0.1) is 22.3 Å². The molecule has 56 heavy (non-hydrogen) atoms. The molecule has 0 aliphatic carbocycles. The van der Waals surface area contributed by atoms with E-state index in [0.29, 0.717) is 39.9 Å². The molecule has 2 heterocycles. The van der Waals surface area contributed by atoms with Crippen LogP contribution in [-0.2, 0) is 6.18 Å². The molecular formula is C49H35F3N4. The van der Waals surface area contributed by atoms with Crippen LogP contribution in [0.1, 0.15) is 22.3 Å². The second-order valence-corrected chi connectivity index (χ2v) is 14.2. The molecule has 0 unspecified atom stereocenters. The van der Waals surface area contributed by atoms with Gasteiger partial charge in [0.15, 0.2) is 17.5 Å². The predicted molar refractivity (Wildman–Crippen MR) is 221 cm³/mol. The number of halogens is 3. The van der Waals surface area contributed by atoms with Crippen molar-refractivity contribution in [1.82, 2.24) is 19.5 Å². The number of hydrogen-bond donors (Lipinski definition) is 0. The molecule has 0 saturated carbocycles. The van der Waals surface area contributed by atoms with Gasteiger partial charge in [-0.15, -0.1) is 0 Å². The number of fused-ring (bicyclic) bond motifs is 3. The highest BCUT2D eigenvalue weighted by Crippen LogP contribution is 2.41. The van der Waals surface area contributed by atoms with Crippen LogP contribution < -0.4 is 0 Å². The van der Waals surface area contributed by atoms with Gasteiger partial charge < -0.3 is 4.57 Å². The van der Waals surface area contributed by atoms with Gasteiger partial charge in [0.25, 0.3) is 0 Å². The molecule has 9 aromatic rings. The maximum absolute atomic E-state index is 14.2. The first-order chi connectivity index (χ1) is 27.1. The Labute approximate surface area is 322 Å². The van der Waals surface area contributed by atoms with Crippen molar-refractivity contribution in [1.29, 1.82) is 0 Å². The molecule has 9 rings (SSSR count). The minimum atomic E-state index is -4.51. The van der Waals surface area contributed by atoms with E-state index in [1.165, 1.54) is 28.8 Å². The van der Waals surface area contributed by atoms with E-state index in [4.69, 9.17) is 15.0 Å². The number of benzene rings is 7. The van der Waals surface area contributed by atoms with Crippen molar-refractivity contribution in [2.24, 2.45) is 0 Å². The van der Waals surface area contributed by atoms with E-state index in [-0.39, 0.29) is 0 Å². The van der Waals surface area contributed by atoms with Crippen LogP contribution in [0.5, 0.6) is 0 Å². The van der Waals surface area contributed by atoms with Gasteiger partial charge >= 0.3 is 6.18 Å². The molecule has 4 nitrogen and oxygen atoms in total. The number of rotatable bonds is 6. The number of aromatic nitrogens is 4. The Morgan fingerprint density at radius 2 is 1.00 bits per heavy atom. The van der Waals surface area contributed by atoms with E-state index in [1.54, 1.807) is 6.07 Å². The lowest BCUT2D eigenvalue weighted by Crippen LogP contribution is -2.05. The van der Waals surface area contributed by atoms with Gasteiger partial charge in [0, 0.05) is 33.0 Å². The van der Waals surface area contributed by atoms with E-state index in [0.717, 1.165) is 50.1 Å². The Balaban J connectivity index is 1.35. The highest BCUT2D eigenvalue weighted by atomic mass is 19.4. The highest BCUT2D eigenvalue weighted by molar-refractivity contribution is 6.11. The van der Waals surface area contributed by atoms with Gasteiger partial charge in [0.2, 0.25) is 0 Å². The van der Waals surface area contributed by atoms with Crippen molar-refractivity contribution in [3.8, 4) is 62.1 Å². The molecule has 0 aliphatic rings. The van der Waals surface area contributed by atoms with Crippen LogP contribution in [0.4, 0.5) is 13.2 Å². The summed E-state index contributed by atoms with van der Waals surface area (Å²) < 4.78 is 44.7. The molecule has 0 amide bonds. The van der Waals surface area contributed by atoms with E-state index >= 15 is 0 Å². The van der Waals surface area contributed by atoms with E-state index < -0.39 is 11.7 Å². The van der Waals surface area contributed by atoms with Crippen LogP contribution in [-0.4, -0.2) is 19.5 Å². The quantitative estimate of drug-likeness (QED) is 0.171. The zero-order valence-electron chi connectivity index (χ0n) is 30.9. The van der Waals surface area contributed by atoms with Crippen molar-refractivity contribution in [2.45, 2.75) is 26.9 Å². The first-order valence-electron chi connectivity index (χ1n) is 18.4. The summed E-state index contributed by atoms with van der Waals surface area (Å²) in [6, 6.07) is 49.9. The minimum absolute atomic E-state index is 0.444. The predicted octanol–water partition coefficient (Wildman–Crippen LogP) is 13.2. The molecule has 0 saturated heterocycles. The fraction of sp³-hybridized carbons (Fsp3) is 0.0816. The fourth-order valence-electron chi connectivity index (χ4n) is 7.92. The summed E-state index contributed by atoms with van der Waals surface area (Å²) in [7, 11) is 0. The van der Waals surface area contributed by atoms with Crippen molar-refractivity contribution in [3.63, 3.8) is 0 Å². The van der Waals surface area contributed by atoms with E-state index in [9.17, 15) is 13.2 Å². The molecule has 272 valence electrons. The Bertz CT molecular complexity index is 2850. The van der Waals surface area contributed by atoms with Gasteiger partial charge in [-0.25, -0.2) is 15.0 Å². The number of alkyl halides is 3. The summed E-state index contributed by atoms with van der Waals surface area (Å²) >= 11 is 0. The van der Waals surface area contributed by atoms with Crippen molar-refractivity contribution in [3.05, 3.63) is 180 Å². The minimum Gasteiger partial charge on any atom is -0.309 e. The first kappa shape index (κ1) is 34.9. The fourth-order valence-corrected chi connectivity index (χ4v) is 7.92. The van der Waals surface area contributed by atoms with Gasteiger partial charge in [-0.2, -0.15) is 13.2 Å². The lowest BCUT2D eigenvalue weighted by molar-refractivity contribution is -0.137. The molecule has 0 fully saturated rings. The molecular weight excluding hydrogens is 702 g/mol. The largest absolute Gasteiger partial charge is 0.416 e. The molecule has 0 spiro atoms. The molecule has 0 atom stereocenters. The zero-order chi connectivity index (χ0) is 38.6. The first-order valence-corrected chi connectivity index (χ1v) is 18.4. The second kappa shape index (κ2) is 13.8. The second-order valence-electron chi connectivity index (χ2n) is 14.2. The normalized spacial score (nSPS) is 11.8. The topological polar surface area (TPSA) is 43.6 Å². The number of nitrogens with zero attached hydrogens (tertiary/aromatic N) is 4. The van der Waals surface area contributed by atoms with Crippen LogP contribution in [0, 0.1) is 20.8 Å². The molecule has 0 aliphatic heterocycles. The van der Waals surface area contributed by atoms with E-state index in [2.05, 4.69) is 67.8 Å². The Hall–Kier alpha value is -6.86. The molecule has 7 aromatic carbocycles. The van der Waals surface area contributed by atoms with Crippen molar-refractivity contribution in [2.75, 3.05) is 0 Å². The molecule has 2 aromatic heterocycles. The van der Waals surface area contributed by atoms with E-state index in [1.807, 2.05) is 91.0 Å². The number of hydrogen-bond acceptors (Lipinski definition) is 3. The third kappa shape index (κ3) is 6.31. The molecule has 0 bridgehead atoms. The lowest BCUT2D eigenvalue weighted by atomic mass is 9.93. The SMILES string of the molecule is Cc1cc(C)c(-c2ccc3c4ccccc4n(-c4cc(-c5nc(-c6ccccc6)nc(-c6ccccc6)n5)ccc4-c4cccc(C(F)(F)F)c4)c3c2)c(C)c1. The maximum atomic E-state index is 14.2. The lowest BCUT2D eigenvalue weighted by Gasteiger charge is -2.18. The zero-order valence-corrected chi connectivity index (χ0v) is 30.9.